The Morgan fingerprint density at radius 2 is 1.79 bits per heavy atom. The molecule has 0 unspecified atom stereocenters. The highest BCUT2D eigenvalue weighted by Gasteiger charge is 2.19. The van der Waals surface area contributed by atoms with Crippen molar-refractivity contribution < 1.29 is 14.9 Å². The fourth-order valence-corrected chi connectivity index (χ4v) is 3.89. The molecule has 1 atom stereocenters. The maximum atomic E-state index is 10.5. The molecule has 1 aliphatic rings. The van der Waals surface area contributed by atoms with E-state index in [-0.39, 0.29) is 13.2 Å². The lowest BCUT2D eigenvalue weighted by molar-refractivity contribution is 0.0629. The minimum absolute atomic E-state index is 0.138. The topological polar surface area (TPSA) is 56.2 Å². The quantitative estimate of drug-likeness (QED) is 0.645. The predicted octanol–water partition coefficient (Wildman–Crippen LogP) is 2.69. The molecule has 5 heteroatoms. The van der Waals surface area contributed by atoms with Gasteiger partial charge in [0.2, 0.25) is 0 Å². The first-order chi connectivity index (χ1) is 14.1. The summed E-state index contributed by atoms with van der Waals surface area (Å²) in [7, 11) is 0. The van der Waals surface area contributed by atoms with Crippen LogP contribution in [-0.4, -0.2) is 65.0 Å². The summed E-state index contributed by atoms with van der Waals surface area (Å²) in [6, 6.07) is 16.8. The van der Waals surface area contributed by atoms with Gasteiger partial charge in [0, 0.05) is 44.3 Å². The second-order valence-electron chi connectivity index (χ2n) is 8.11. The van der Waals surface area contributed by atoms with Crippen molar-refractivity contribution in [3.8, 4) is 5.75 Å². The standard InChI is InChI=1S/C24H34N2O3/c1-19(2)26(13-14-27)16-22-9-5-6-10-24(22)29-18-23(28)17-25-12-11-20-7-3-4-8-21(20)15-25/h3-10,19,23,27-28H,11-18H2,1-2H3/t23-/m1/s1. The highest BCUT2D eigenvalue weighted by Crippen LogP contribution is 2.22. The van der Waals surface area contributed by atoms with Crippen LogP contribution in [0.15, 0.2) is 48.5 Å². The van der Waals surface area contributed by atoms with Crippen molar-refractivity contribution >= 4 is 0 Å². The molecular formula is C24H34N2O3. The molecule has 0 spiro atoms. The first kappa shape index (κ1) is 21.8. The summed E-state index contributed by atoms with van der Waals surface area (Å²) < 4.78 is 6.00. The summed E-state index contributed by atoms with van der Waals surface area (Å²) in [5.41, 5.74) is 3.85. The van der Waals surface area contributed by atoms with Gasteiger partial charge in [-0.1, -0.05) is 42.5 Å². The maximum absolute atomic E-state index is 10.5. The smallest absolute Gasteiger partial charge is 0.123 e. The molecule has 0 saturated heterocycles. The van der Waals surface area contributed by atoms with E-state index in [1.165, 1.54) is 11.1 Å². The minimum atomic E-state index is -0.535. The van der Waals surface area contributed by atoms with E-state index in [2.05, 4.69) is 54.0 Å². The van der Waals surface area contributed by atoms with Crippen LogP contribution in [0.2, 0.25) is 0 Å². The largest absolute Gasteiger partial charge is 0.491 e. The first-order valence-corrected chi connectivity index (χ1v) is 10.6. The first-order valence-electron chi connectivity index (χ1n) is 10.6. The van der Waals surface area contributed by atoms with Crippen LogP contribution < -0.4 is 4.74 Å². The van der Waals surface area contributed by atoms with Gasteiger partial charge in [-0.2, -0.15) is 0 Å². The highest BCUT2D eigenvalue weighted by molar-refractivity contribution is 5.33. The number of ether oxygens (including phenoxy) is 1. The molecule has 0 radical (unpaired) electrons. The van der Waals surface area contributed by atoms with Crippen LogP contribution in [0.1, 0.15) is 30.5 Å². The summed E-state index contributed by atoms with van der Waals surface area (Å²) in [6.07, 6.45) is 0.495. The van der Waals surface area contributed by atoms with Crippen molar-refractivity contribution in [1.82, 2.24) is 9.80 Å². The molecule has 2 aromatic carbocycles. The SMILES string of the molecule is CC(C)N(CCO)Cc1ccccc1OC[C@H](O)CN1CCc2ccccc2C1. The van der Waals surface area contributed by atoms with E-state index in [0.717, 1.165) is 30.8 Å². The Bertz CT molecular complexity index is 765. The molecule has 0 saturated carbocycles. The number of fused-ring (bicyclic) bond motifs is 1. The predicted molar refractivity (Wildman–Crippen MR) is 116 cm³/mol. The Kier molecular flexibility index (Phi) is 8.07. The van der Waals surface area contributed by atoms with Gasteiger partial charge >= 0.3 is 0 Å². The fraction of sp³-hybridized carbons (Fsp3) is 0.500. The van der Waals surface area contributed by atoms with Crippen LogP contribution >= 0.6 is 0 Å². The molecule has 0 bridgehead atoms. The highest BCUT2D eigenvalue weighted by atomic mass is 16.5. The van der Waals surface area contributed by atoms with Crippen LogP contribution in [0.25, 0.3) is 0 Å². The minimum Gasteiger partial charge on any atom is -0.491 e. The number of nitrogens with zero attached hydrogens (tertiary/aromatic N) is 2. The number of hydrogen-bond acceptors (Lipinski definition) is 5. The zero-order valence-corrected chi connectivity index (χ0v) is 17.6. The third-order valence-corrected chi connectivity index (χ3v) is 5.57. The van der Waals surface area contributed by atoms with Crippen molar-refractivity contribution in [2.45, 2.75) is 45.5 Å². The van der Waals surface area contributed by atoms with Crippen LogP contribution in [0.3, 0.4) is 0 Å². The molecule has 29 heavy (non-hydrogen) atoms. The average Bonchev–Trinajstić information content (AvgIpc) is 2.72. The van der Waals surface area contributed by atoms with Gasteiger partial charge in [0.15, 0.2) is 0 Å². The van der Waals surface area contributed by atoms with Crippen molar-refractivity contribution in [2.24, 2.45) is 0 Å². The van der Waals surface area contributed by atoms with Crippen LogP contribution in [-0.2, 0) is 19.5 Å². The van der Waals surface area contributed by atoms with Gasteiger partial charge in [-0.15, -0.1) is 0 Å². The Labute approximate surface area is 174 Å². The summed E-state index contributed by atoms with van der Waals surface area (Å²) >= 11 is 0. The summed E-state index contributed by atoms with van der Waals surface area (Å²) in [4.78, 5) is 4.51. The lowest BCUT2D eigenvalue weighted by atomic mass is 10.00. The zero-order valence-electron chi connectivity index (χ0n) is 17.6. The van der Waals surface area contributed by atoms with Gasteiger partial charge in [-0.25, -0.2) is 0 Å². The third kappa shape index (κ3) is 6.28. The van der Waals surface area contributed by atoms with Crippen LogP contribution in [0.4, 0.5) is 0 Å². The molecule has 158 valence electrons. The summed E-state index contributed by atoms with van der Waals surface area (Å²) in [6.45, 7) is 8.47. The summed E-state index contributed by atoms with van der Waals surface area (Å²) in [5, 5.41) is 19.9. The van der Waals surface area contributed by atoms with Gasteiger partial charge in [-0.3, -0.25) is 9.80 Å². The van der Waals surface area contributed by atoms with Crippen LogP contribution in [0, 0.1) is 0 Å². The molecule has 3 rings (SSSR count). The van der Waals surface area contributed by atoms with Gasteiger partial charge in [0.05, 0.1) is 6.61 Å². The number of para-hydroxylation sites is 1. The number of aliphatic hydroxyl groups excluding tert-OH is 2. The third-order valence-electron chi connectivity index (χ3n) is 5.57. The molecule has 0 aliphatic carbocycles. The van der Waals surface area contributed by atoms with Crippen molar-refractivity contribution in [1.29, 1.82) is 0 Å². The number of β-amino-alcohol motifs (C(OH)–C–C–N with tert-alkyl or cyclic N) is 1. The van der Waals surface area contributed by atoms with E-state index in [0.29, 0.717) is 25.7 Å². The summed E-state index contributed by atoms with van der Waals surface area (Å²) in [5.74, 6) is 0.805. The van der Waals surface area contributed by atoms with E-state index in [1.54, 1.807) is 0 Å². The monoisotopic (exact) mass is 398 g/mol. The average molecular weight is 399 g/mol. The molecule has 1 aliphatic heterocycles. The Balaban J connectivity index is 1.53. The van der Waals surface area contributed by atoms with E-state index in [4.69, 9.17) is 4.74 Å². The Morgan fingerprint density at radius 3 is 2.55 bits per heavy atom. The van der Waals surface area contributed by atoms with E-state index in [9.17, 15) is 10.2 Å². The zero-order chi connectivity index (χ0) is 20.6. The normalized spacial score (nSPS) is 15.5. The maximum Gasteiger partial charge on any atom is 0.123 e. The van der Waals surface area contributed by atoms with Crippen molar-refractivity contribution in [3.05, 3.63) is 65.2 Å². The number of benzene rings is 2. The molecule has 0 amide bonds. The van der Waals surface area contributed by atoms with E-state index in [1.807, 2.05) is 18.2 Å². The molecule has 2 N–H and O–H groups in total. The van der Waals surface area contributed by atoms with Gasteiger partial charge in [-0.05, 0) is 37.5 Å². The number of rotatable bonds is 10. The van der Waals surface area contributed by atoms with Crippen molar-refractivity contribution in [3.63, 3.8) is 0 Å². The lowest BCUT2D eigenvalue weighted by Crippen LogP contribution is -2.39. The van der Waals surface area contributed by atoms with Gasteiger partial charge < -0.3 is 14.9 Å². The van der Waals surface area contributed by atoms with E-state index >= 15 is 0 Å². The molecule has 2 aromatic rings. The second-order valence-corrected chi connectivity index (χ2v) is 8.11. The second kappa shape index (κ2) is 10.7. The molecule has 5 nitrogen and oxygen atoms in total. The molecule has 1 heterocycles. The number of hydrogen-bond donors (Lipinski definition) is 2. The van der Waals surface area contributed by atoms with Crippen molar-refractivity contribution in [2.75, 3.05) is 32.8 Å². The fourth-order valence-electron chi connectivity index (χ4n) is 3.89. The molecular weight excluding hydrogens is 364 g/mol. The Morgan fingerprint density at radius 1 is 1.07 bits per heavy atom. The molecule has 0 fully saturated rings. The molecule has 0 aromatic heterocycles. The van der Waals surface area contributed by atoms with E-state index < -0.39 is 6.10 Å². The van der Waals surface area contributed by atoms with Gasteiger partial charge in [0.25, 0.3) is 0 Å². The Hall–Kier alpha value is -1.92. The van der Waals surface area contributed by atoms with Gasteiger partial charge in [0.1, 0.15) is 18.5 Å². The van der Waals surface area contributed by atoms with Crippen LogP contribution in [0.5, 0.6) is 5.75 Å². The lowest BCUT2D eigenvalue weighted by Gasteiger charge is -2.30. The number of aliphatic hydroxyl groups is 2.